The average molecular weight is 272 g/mol. The van der Waals surface area contributed by atoms with E-state index in [2.05, 4.69) is 4.90 Å². The van der Waals surface area contributed by atoms with Gasteiger partial charge in [0.2, 0.25) is 0 Å². The molecule has 0 bridgehead atoms. The van der Waals surface area contributed by atoms with Crippen LogP contribution in [-0.2, 0) is 4.74 Å². The van der Waals surface area contributed by atoms with E-state index in [1.165, 1.54) is 12.8 Å². The van der Waals surface area contributed by atoms with Gasteiger partial charge < -0.3 is 20.5 Å². The Bertz CT molecular complexity index is 232. The second-order valence-corrected chi connectivity index (χ2v) is 5.60. The van der Waals surface area contributed by atoms with E-state index in [1.807, 2.05) is 0 Å². The molecule has 6 heteroatoms. The lowest BCUT2D eigenvalue weighted by atomic mass is 9.83. The molecule has 1 saturated heterocycles. The molecule has 1 rings (SSSR count). The molecule has 1 aliphatic heterocycles. The summed E-state index contributed by atoms with van der Waals surface area (Å²) in [6, 6.07) is 0.793. The standard InChI is InChI=1S/C13H29BN2O3/c1-19-11-13-6-4-9-16(13)10-7-12(15)5-2-3-8-14(17)18/h12-13,17-18H,2-11,15H2,1H3/t12-,13+/m0/s1. The van der Waals surface area contributed by atoms with Crippen LogP contribution in [0.1, 0.15) is 38.5 Å². The van der Waals surface area contributed by atoms with E-state index < -0.39 is 7.12 Å². The zero-order valence-electron chi connectivity index (χ0n) is 12.1. The van der Waals surface area contributed by atoms with E-state index in [4.69, 9.17) is 20.5 Å². The van der Waals surface area contributed by atoms with Crippen LogP contribution in [-0.4, -0.2) is 61.0 Å². The highest BCUT2D eigenvalue weighted by atomic mass is 16.5. The minimum Gasteiger partial charge on any atom is -0.427 e. The quantitative estimate of drug-likeness (QED) is 0.398. The number of rotatable bonds is 10. The number of likely N-dealkylation sites (tertiary alicyclic amines) is 1. The first-order chi connectivity index (χ1) is 9.13. The fraction of sp³-hybridized carbons (Fsp3) is 1.00. The third-order valence-electron chi connectivity index (χ3n) is 3.93. The van der Waals surface area contributed by atoms with Gasteiger partial charge in [0.1, 0.15) is 0 Å². The number of unbranched alkanes of at least 4 members (excludes halogenated alkanes) is 1. The van der Waals surface area contributed by atoms with E-state index in [9.17, 15) is 0 Å². The summed E-state index contributed by atoms with van der Waals surface area (Å²) in [7, 11) is 0.591. The second-order valence-electron chi connectivity index (χ2n) is 5.60. The molecule has 4 N–H and O–H groups in total. The third-order valence-corrected chi connectivity index (χ3v) is 3.93. The highest BCUT2D eigenvalue weighted by Gasteiger charge is 2.24. The van der Waals surface area contributed by atoms with Gasteiger partial charge in [0.25, 0.3) is 0 Å². The van der Waals surface area contributed by atoms with Crippen molar-refractivity contribution in [1.29, 1.82) is 0 Å². The lowest BCUT2D eigenvalue weighted by Crippen LogP contribution is -2.36. The maximum atomic E-state index is 8.75. The molecular formula is C13H29BN2O3. The zero-order chi connectivity index (χ0) is 14.1. The molecule has 0 spiro atoms. The predicted octanol–water partition coefficient (Wildman–Crippen LogP) is 0.458. The fourth-order valence-electron chi connectivity index (χ4n) is 2.78. The van der Waals surface area contributed by atoms with Crippen LogP contribution < -0.4 is 5.73 Å². The van der Waals surface area contributed by atoms with Gasteiger partial charge in [0, 0.05) is 19.2 Å². The van der Waals surface area contributed by atoms with Crippen LogP contribution in [0.4, 0.5) is 0 Å². The van der Waals surface area contributed by atoms with Crippen LogP contribution in [0.3, 0.4) is 0 Å². The molecule has 19 heavy (non-hydrogen) atoms. The van der Waals surface area contributed by atoms with Crippen molar-refractivity contribution in [1.82, 2.24) is 4.90 Å². The van der Waals surface area contributed by atoms with Crippen LogP contribution in [0.2, 0.25) is 6.32 Å². The topological polar surface area (TPSA) is 79.0 Å². The van der Waals surface area contributed by atoms with Crippen LogP contribution in [0, 0.1) is 0 Å². The monoisotopic (exact) mass is 272 g/mol. The zero-order valence-corrected chi connectivity index (χ0v) is 12.1. The van der Waals surface area contributed by atoms with E-state index in [0.717, 1.165) is 45.4 Å². The molecule has 5 nitrogen and oxygen atoms in total. The van der Waals surface area contributed by atoms with Crippen LogP contribution in [0.5, 0.6) is 0 Å². The minimum absolute atomic E-state index is 0.222. The first kappa shape index (κ1) is 16.9. The molecule has 0 amide bonds. The van der Waals surface area contributed by atoms with Gasteiger partial charge in [0.05, 0.1) is 6.61 Å². The second kappa shape index (κ2) is 9.72. The van der Waals surface area contributed by atoms with Gasteiger partial charge in [-0.05, 0) is 45.1 Å². The van der Waals surface area contributed by atoms with E-state index in [0.29, 0.717) is 12.4 Å². The summed E-state index contributed by atoms with van der Waals surface area (Å²) in [4.78, 5) is 2.49. The summed E-state index contributed by atoms with van der Waals surface area (Å²) >= 11 is 0. The van der Waals surface area contributed by atoms with Gasteiger partial charge >= 0.3 is 7.12 Å². The van der Waals surface area contributed by atoms with Crippen molar-refractivity contribution in [3.8, 4) is 0 Å². The van der Waals surface area contributed by atoms with E-state index >= 15 is 0 Å². The molecule has 0 unspecified atom stereocenters. The average Bonchev–Trinajstić information content (AvgIpc) is 2.80. The summed E-state index contributed by atoms with van der Waals surface area (Å²) in [5.74, 6) is 0. The van der Waals surface area contributed by atoms with Crippen LogP contribution in [0.15, 0.2) is 0 Å². The van der Waals surface area contributed by atoms with Crippen molar-refractivity contribution in [2.45, 2.75) is 56.9 Å². The maximum absolute atomic E-state index is 8.75. The summed E-state index contributed by atoms with van der Waals surface area (Å²) < 4.78 is 5.24. The highest BCUT2D eigenvalue weighted by Crippen LogP contribution is 2.18. The highest BCUT2D eigenvalue weighted by molar-refractivity contribution is 6.40. The summed E-state index contributed by atoms with van der Waals surface area (Å²) in [6.07, 6.45) is 6.74. The van der Waals surface area contributed by atoms with Crippen molar-refractivity contribution in [3.05, 3.63) is 0 Å². The van der Waals surface area contributed by atoms with Crippen molar-refractivity contribution in [2.75, 3.05) is 26.8 Å². The molecule has 0 aromatic rings. The smallest absolute Gasteiger partial charge is 0.427 e. The van der Waals surface area contributed by atoms with Crippen molar-refractivity contribution < 1.29 is 14.8 Å². The Balaban J connectivity index is 2.07. The SMILES string of the molecule is COC[C@H]1CCCN1CC[C@@H](N)CCCCB(O)O. The van der Waals surface area contributed by atoms with Crippen LogP contribution >= 0.6 is 0 Å². The summed E-state index contributed by atoms with van der Waals surface area (Å²) in [5, 5.41) is 17.5. The van der Waals surface area contributed by atoms with Gasteiger partial charge in [0.15, 0.2) is 0 Å². The molecular weight excluding hydrogens is 243 g/mol. The number of hydrogen-bond donors (Lipinski definition) is 3. The minimum atomic E-state index is -1.17. The Morgan fingerprint density at radius 3 is 2.84 bits per heavy atom. The number of nitrogens with zero attached hydrogens (tertiary/aromatic N) is 1. The van der Waals surface area contributed by atoms with Gasteiger partial charge in [-0.25, -0.2) is 0 Å². The number of methoxy groups -OCH3 is 1. The first-order valence-corrected chi connectivity index (χ1v) is 7.48. The Kier molecular flexibility index (Phi) is 8.65. The molecule has 1 fully saturated rings. The number of nitrogens with two attached hydrogens (primary N) is 1. The molecule has 2 atom stereocenters. The van der Waals surface area contributed by atoms with Gasteiger partial charge in [-0.15, -0.1) is 0 Å². The van der Waals surface area contributed by atoms with Gasteiger partial charge in [-0.3, -0.25) is 4.90 Å². The lowest BCUT2D eigenvalue weighted by Gasteiger charge is -2.25. The Morgan fingerprint density at radius 1 is 1.37 bits per heavy atom. The van der Waals surface area contributed by atoms with Crippen molar-refractivity contribution in [3.63, 3.8) is 0 Å². The number of hydrogen-bond acceptors (Lipinski definition) is 5. The molecule has 0 aliphatic carbocycles. The molecule has 112 valence electrons. The third kappa shape index (κ3) is 7.27. The van der Waals surface area contributed by atoms with Gasteiger partial charge in [-0.2, -0.15) is 0 Å². The molecule has 0 radical (unpaired) electrons. The number of ether oxygens (including phenoxy) is 1. The predicted molar refractivity (Wildman–Crippen MR) is 77.9 cm³/mol. The Hall–Kier alpha value is -0.135. The Morgan fingerprint density at radius 2 is 2.16 bits per heavy atom. The largest absolute Gasteiger partial charge is 0.451 e. The lowest BCUT2D eigenvalue weighted by molar-refractivity contribution is 0.113. The molecule has 1 heterocycles. The molecule has 0 saturated carbocycles. The molecule has 1 aliphatic rings. The summed E-state index contributed by atoms with van der Waals surface area (Å²) in [6.45, 7) is 3.04. The molecule has 0 aromatic heterocycles. The van der Waals surface area contributed by atoms with Crippen molar-refractivity contribution in [2.24, 2.45) is 5.73 Å². The first-order valence-electron chi connectivity index (χ1n) is 7.48. The Labute approximate surface area is 117 Å². The maximum Gasteiger partial charge on any atom is 0.451 e. The van der Waals surface area contributed by atoms with Crippen LogP contribution in [0.25, 0.3) is 0 Å². The normalized spacial score (nSPS) is 21.8. The van der Waals surface area contributed by atoms with Gasteiger partial charge in [-0.1, -0.05) is 12.8 Å². The van der Waals surface area contributed by atoms with Crippen molar-refractivity contribution >= 4 is 7.12 Å². The van der Waals surface area contributed by atoms with E-state index in [-0.39, 0.29) is 6.04 Å². The summed E-state index contributed by atoms with van der Waals surface area (Å²) in [5.41, 5.74) is 6.11. The van der Waals surface area contributed by atoms with E-state index in [1.54, 1.807) is 7.11 Å². The fourth-order valence-corrected chi connectivity index (χ4v) is 2.78. The molecule has 0 aromatic carbocycles.